The molecule has 1 aliphatic heterocycles. The molecule has 2 heterocycles. The molecule has 1 aliphatic rings. The number of primary amides is 1. The normalized spacial score (nSPS) is 16.1. The van der Waals surface area contributed by atoms with Gasteiger partial charge in [-0.15, -0.1) is 0 Å². The average molecular weight is 489 g/mol. The topological polar surface area (TPSA) is 101 Å². The number of hydrogen-bond acceptors (Lipinski definition) is 4. The Hall–Kier alpha value is -3.61. The van der Waals surface area contributed by atoms with E-state index in [1.54, 1.807) is 19.6 Å². The second-order valence-electron chi connectivity index (χ2n) is 9.89. The van der Waals surface area contributed by atoms with Crippen molar-refractivity contribution >= 4 is 11.8 Å². The molecule has 7 nitrogen and oxygen atoms in total. The van der Waals surface area contributed by atoms with Crippen LogP contribution in [0.4, 0.5) is 0 Å². The van der Waals surface area contributed by atoms with Crippen LogP contribution in [-0.4, -0.2) is 46.9 Å². The van der Waals surface area contributed by atoms with Gasteiger partial charge in [0.15, 0.2) is 0 Å². The number of carbonyl (C=O) groups excluding carboxylic acids is 2. The first-order chi connectivity index (χ1) is 17.5. The van der Waals surface area contributed by atoms with Crippen LogP contribution in [0.1, 0.15) is 43.0 Å². The lowest BCUT2D eigenvalue weighted by molar-refractivity contribution is -0.148. The molecule has 0 spiro atoms. The predicted molar refractivity (Wildman–Crippen MR) is 139 cm³/mol. The van der Waals surface area contributed by atoms with Gasteiger partial charge < -0.3 is 20.4 Å². The number of aromatic nitrogens is 2. The molecule has 0 bridgehead atoms. The number of ether oxygens (including phenoxy) is 1. The zero-order chi connectivity index (χ0) is 25.5. The Bertz CT molecular complexity index is 1120. The highest BCUT2D eigenvalue weighted by Crippen LogP contribution is 2.40. The van der Waals surface area contributed by atoms with Gasteiger partial charge in [0.1, 0.15) is 5.75 Å². The molecule has 0 saturated carbocycles. The third kappa shape index (κ3) is 5.61. The molecule has 36 heavy (non-hydrogen) atoms. The fraction of sp³-hybridized carbons (Fsp3) is 0.414. The number of unbranched alkanes of at least 4 members (excludes halogenated alkanes) is 1. The Balaban J connectivity index is 1.59. The molecule has 3 aromatic rings. The smallest absolute Gasteiger partial charge is 0.226 e. The van der Waals surface area contributed by atoms with E-state index in [1.165, 1.54) is 5.56 Å². The van der Waals surface area contributed by atoms with Crippen molar-refractivity contribution in [1.29, 1.82) is 0 Å². The van der Waals surface area contributed by atoms with E-state index in [9.17, 15) is 9.59 Å². The maximum Gasteiger partial charge on any atom is 0.226 e. The summed E-state index contributed by atoms with van der Waals surface area (Å²) in [4.78, 5) is 35.7. The third-order valence-electron chi connectivity index (χ3n) is 7.47. The van der Waals surface area contributed by atoms with Gasteiger partial charge in [-0.2, -0.15) is 0 Å². The van der Waals surface area contributed by atoms with Gasteiger partial charge >= 0.3 is 0 Å². The second-order valence-corrected chi connectivity index (χ2v) is 9.89. The number of imidazole rings is 1. The summed E-state index contributed by atoms with van der Waals surface area (Å²) in [7, 11) is 1.62. The largest absolute Gasteiger partial charge is 0.497 e. The van der Waals surface area contributed by atoms with Gasteiger partial charge in [-0.3, -0.25) is 9.59 Å². The number of H-pyrrole nitrogens is 1. The summed E-state index contributed by atoms with van der Waals surface area (Å²) in [6.45, 7) is 3.51. The van der Waals surface area contributed by atoms with E-state index in [2.05, 4.69) is 41.2 Å². The number of aromatic amines is 1. The van der Waals surface area contributed by atoms with E-state index in [4.69, 9.17) is 10.5 Å². The van der Waals surface area contributed by atoms with E-state index in [0.29, 0.717) is 25.9 Å². The van der Waals surface area contributed by atoms with E-state index < -0.39 is 17.7 Å². The molecule has 1 unspecified atom stereocenters. The molecule has 2 atom stereocenters. The van der Waals surface area contributed by atoms with Crippen LogP contribution in [0, 0.1) is 11.8 Å². The molecule has 1 aromatic heterocycles. The van der Waals surface area contributed by atoms with E-state index in [1.807, 2.05) is 35.2 Å². The second kappa shape index (κ2) is 11.4. The molecule has 0 radical (unpaired) electrons. The third-order valence-corrected chi connectivity index (χ3v) is 7.47. The number of hydrogen-bond donors (Lipinski definition) is 2. The number of nitrogens with zero attached hydrogens (tertiary/aromatic N) is 2. The SMILES string of the molecule is CCCCC1(c2ccccc2)CN(C(=O)[C@H](Cc2ccc(OC)cc2)C(Cc2cnc[nH]2)C(N)=O)C1. The van der Waals surface area contributed by atoms with Crippen molar-refractivity contribution in [1.82, 2.24) is 14.9 Å². The molecule has 1 fully saturated rings. The number of likely N-dealkylation sites (tertiary alicyclic amines) is 1. The molecule has 2 aromatic carbocycles. The number of rotatable bonds is 12. The molecule has 1 saturated heterocycles. The quantitative estimate of drug-likeness (QED) is 0.404. The van der Waals surface area contributed by atoms with Gasteiger partial charge in [-0.25, -0.2) is 4.98 Å². The highest BCUT2D eigenvalue weighted by molar-refractivity contribution is 5.88. The number of carbonyl (C=O) groups is 2. The Labute approximate surface area is 213 Å². The molecule has 2 amide bonds. The number of benzene rings is 2. The fourth-order valence-electron chi connectivity index (χ4n) is 5.36. The minimum atomic E-state index is -0.651. The highest BCUT2D eigenvalue weighted by Gasteiger charge is 2.48. The molecular formula is C29H36N4O3. The van der Waals surface area contributed by atoms with Crippen LogP contribution in [0.25, 0.3) is 0 Å². The first-order valence-electron chi connectivity index (χ1n) is 12.7. The summed E-state index contributed by atoms with van der Waals surface area (Å²) < 4.78 is 5.28. The van der Waals surface area contributed by atoms with Gasteiger partial charge in [0.05, 0.1) is 25.3 Å². The van der Waals surface area contributed by atoms with Crippen LogP contribution in [0.2, 0.25) is 0 Å². The van der Waals surface area contributed by atoms with Crippen molar-refractivity contribution in [3.05, 3.63) is 83.9 Å². The van der Waals surface area contributed by atoms with Gasteiger partial charge in [0.2, 0.25) is 11.8 Å². The monoisotopic (exact) mass is 488 g/mol. The Morgan fingerprint density at radius 3 is 2.39 bits per heavy atom. The van der Waals surface area contributed by atoms with Gasteiger partial charge in [0, 0.05) is 36.8 Å². The molecule has 190 valence electrons. The van der Waals surface area contributed by atoms with Crippen LogP contribution >= 0.6 is 0 Å². The number of nitrogens with two attached hydrogens (primary N) is 1. The zero-order valence-electron chi connectivity index (χ0n) is 21.2. The van der Waals surface area contributed by atoms with E-state index >= 15 is 0 Å². The average Bonchev–Trinajstić information content (AvgIpc) is 3.39. The lowest BCUT2D eigenvalue weighted by Crippen LogP contribution is -2.63. The molecule has 3 N–H and O–H groups in total. The van der Waals surface area contributed by atoms with E-state index in [0.717, 1.165) is 36.3 Å². The number of amides is 2. The Morgan fingerprint density at radius 2 is 1.81 bits per heavy atom. The van der Waals surface area contributed by atoms with Crippen molar-refractivity contribution in [3.63, 3.8) is 0 Å². The summed E-state index contributed by atoms with van der Waals surface area (Å²) >= 11 is 0. The van der Waals surface area contributed by atoms with Crippen molar-refractivity contribution in [2.24, 2.45) is 17.6 Å². The Morgan fingerprint density at radius 1 is 1.08 bits per heavy atom. The van der Waals surface area contributed by atoms with E-state index in [-0.39, 0.29) is 11.3 Å². The molecule has 7 heteroatoms. The maximum atomic E-state index is 14.0. The van der Waals surface area contributed by atoms with Crippen LogP contribution in [0.5, 0.6) is 5.75 Å². The van der Waals surface area contributed by atoms with Crippen molar-refractivity contribution in [3.8, 4) is 5.75 Å². The summed E-state index contributed by atoms with van der Waals surface area (Å²) in [6, 6.07) is 18.1. The number of nitrogens with one attached hydrogen (secondary N) is 1. The van der Waals surface area contributed by atoms with Crippen LogP contribution < -0.4 is 10.5 Å². The van der Waals surface area contributed by atoms with Crippen molar-refractivity contribution < 1.29 is 14.3 Å². The maximum absolute atomic E-state index is 14.0. The Kier molecular flexibility index (Phi) is 8.08. The van der Waals surface area contributed by atoms with Gasteiger partial charge in [0.25, 0.3) is 0 Å². The first-order valence-corrected chi connectivity index (χ1v) is 12.7. The highest BCUT2D eigenvalue weighted by atomic mass is 16.5. The van der Waals surface area contributed by atoms with Crippen LogP contribution in [-0.2, 0) is 27.8 Å². The minimum absolute atomic E-state index is 0.0165. The lowest BCUT2D eigenvalue weighted by Gasteiger charge is -2.52. The summed E-state index contributed by atoms with van der Waals surface area (Å²) in [6.07, 6.45) is 7.27. The number of methoxy groups -OCH3 is 1. The summed E-state index contributed by atoms with van der Waals surface area (Å²) in [5.41, 5.74) is 8.89. The first kappa shape index (κ1) is 25.5. The molecular weight excluding hydrogens is 452 g/mol. The van der Waals surface area contributed by atoms with Gasteiger partial charge in [-0.1, -0.05) is 62.2 Å². The van der Waals surface area contributed by atoms with Gasteiger partial charge in [-0.05, 0) is 36.1 Å². The summed E-state index contributed by atoms with van der Waals surface area (Å²) in [5.74, 6) is -0.965. The fourth-order valence-corrected chi connectivity index (χ4v) is 5.36. The zero-order valence-corrected chi connectivity index (χ0v) is 21.2. The van der Waals surface area contributed by atoms with Crippen LogP contribution in [0.15, 0.2) is 67.1 Å². The predicted octanol–water partition coefficient (Wildman–Crippen LogP) is 3.89. The minimum Gasteiger partial charge on any atom is -0.497 e. The molecule has 0 aliphatic carbocycles. The van der Waals surface area contributed by atoms with Crippen LogP contribution in [0.3, 0.4) is 0 Å². The van der Waals surface area contributed by atoms with Crippen molar-refractivity contribution in [2.75, 3.05) is 20.2 Å². The van der Waals surface area contributed by atoms with Crippen molar-refractivity contribution in [2.45, 2.75) is 44.4 Å². The standard InChI is InChI=1S/C29H36N4O3/c1-3-4-14-29(22-8-6-5-7-9-22)18-33(19-29)28(35)26(15-21-10-12-24(36-2)13-11-21)25(27(30)34)16-23-17-31-20-32-23/h5-13,17,20,25-26H,3-4,14-16,18-19H2,1-2H3,(H2,30,34)(H,31,32)/t25?,26-/m1/s1. The lowest BCUT2D eigenvalue weighted by atomic mass is 9.69. The molecule has 4 rings (SSSR count). The summed E-state index contributed by atoms with van der Waals surface area (Å²) in [5, 5.41) is 0.